The van der Waals surface area contributed by atoms with Crippen molar-refractivity contribution in [2.45, 2.75) is 6.92 Å². The SMILES string of the molecule is COc1c(C)cccc1-c1cnn(C)n1. The van der Waals surface area contributed by atoms with Crippen LogP contribution in [0.25, 0.3) is 11.3 Å². The summed E-state index contributed by atoms with van der Waals surface area (Å²) in [6.45, 7) is 2.01. The van der Waals surface area contributed by atoms with Crippen LogP contribution in [0.5, 0.6) is 5.75 Å². The lowest BCUT2D eigenvalue weighted by Crippen LogP contribution is -1.94. The molecular formula is C11H13N3O. The van der Waals surface area contributed by atoms with Crippen molar-refractivity contribution in [3.63, 3.8) is 0 Å². The van der Waals surface area contributed by atoms with Crippen LogP contribution in [0.1, 0.15) is 5.56 Å². The maximum absolute atomic E-state index is 5.36. The van der Waals surface area contributed by atoms with Gasteiger partial charge in [0.15, 0.2) is 0 Å². The molecule has 0 saturated carbocycles. The second-order valence-corrected chi connectivity index (χ2v) is 3.37. The highest BCUT2D eigenvalue weighted by atomic mass is 16.5. The van der Waals surface area contributed by atoms with Gasteiger partial charge in [-0.05, 0) is 18.6 Å². The van der Waals surface area contributed by atoms with Crippen molar-refractivity contribution in [1.82, 2.24) is 15.0 Å². The van der Waals surface area contributed by atoms with Crippen LogP contribution in [-0.2, 0) is 7.05 Å². The van der Waals surface area contributed by atoms with E-state index in [-0.39, 0.29) is 0 Å². The second kappa shape index (κ2) is 3.73. The first-order chi connectivity index (χ1) is 7.22. The van der Waals surface area contributed by atoms with E-state index in [1.54, 1.807) is 20.4 Å². The highest BCUT2D eigenvalue weighted by molar-refractivity contribution is 5.68. The Balaban J connectivity index is 2.57. The quantitative estimate of drug-likeness (QED) is 0.747. The molecule has 0 aliphatic carbocycles. The molecule has 2 rings (SSSR count). The van der Waals surface area contributed by atoms with Crippen LogP contribution in [0.2, 0.25) is 0 Å². The largest absolute Gasteiger partial charge is 0.496 e. The number of hydrogen-bond acceptors (Lipinski definition) is 3. The fourth-order valence-electron chi connectivity index (χ4n) is 1.59. The summed E-state index contributed by atoms with van der Waals surface area (Å²) in [5.74, 6) is 0.859. The minimum absolute atomic E-state index is 0.832. The Labute approximate surface area is 88.5 Å². The van der Waals surface area contributed by atoms with Gasteiger partial charge >= 0.3 is 0 Å². The van der Waals surface area contributed by atoms with Gasteiger partial charge in [0, 0.05) is 12.6 Å². The van der Waals surface area contributed by atoms with E-state index in [1.807, 2.05) is 25.1 Å². The molecular weight excluding hydrogens is 190 g/mol. The monoisotopic (exact) mass is 203 g/mol. The number of hydrogen-bond donors (Lipinski definition) is 0. The zero-order chi connectivity index (χ0) is 10.8. The van der Waals surface area contributed by atoms with E-state index in [4.69, 9.17) is 4.74 Å². The van der Waals surface area contributed by atoms with E-state index in [2.05, 4.69) is 10.2 Å². The van der Waals surface area contributed by atoms with Crippen molar-refractivity contribution in [2.75, 3.05) is 7.11 Å². The van der Waals surface area contributed by atoms with Gasteiger partial charge in [0.1, 0.15) is 11.4 Å². The Kier molecular flexibility index (Phi) is 2.41. The molecule has 4 heteroatoms. The van der Waals surface area contributed by atoms with Crippen LogP contribution in [0.15, 0.2) is 24.4 Å². The molecule has 0 atom stereocenters. The summed E-state index contributed by atoms with van der Waals surface area (Å²) in [6, 6.07) is 5.98. The summed E-state index contributed by atoms with van der Waals surface area (Å²) >= 11 is 0. The molecule has 0 bridgehead atoms. The predicted molar refractivity (Wildman–Crippen MR) is 57.7 cm³/mol. The van der Waals surface area contributed by atoms with Crippen molar-refractivity contribution in [2.24, 2.45) is 7.05 Å². The molecule has 0 aliphatic heterocycles. The summed E-state index contributed by atoms with van der Waals surface area (Å²) in [5, 5.41) is 8.30. The minimum Gasteiger partial charge on any atom is -0.496 e. The van der Waals surface area contributed by atoms with Crippen LogP contribution in [0.3, 0.4) is 0 Å². The number of methoxy groups -OCH3 is 1. The molecule has 0 amide bonds. The van der Waals surface area contributed by atoms with Crippen molar-refractivity contribution in [1.29, 1.82) is 0 Å². The van der Waals surface area contributed by atoms with E-state index in [0.29, 0.717) is 0 Å². The Morgan fingerprint density at radius 2 is 2.13 bits per heavy atom. The van der Waals surface area contributed by atoms with Gasteiger partial charge in [0.05, 0.1) is 13.3 Å². The highest BCUT2D eigenvalue weighted by Crippen LogP contribution is 2.30. The van der Waals surface area contributed by atoms with Crippen LogP contribution in [0, 0.1) is 6.92 Å². The number of aromatic nitrogens is 3. The van der Waals surface area contributed by atoms with Crippen LogP contribution in [-0.4, -0.2) is 22.1 Å². The van der Waals surface area contributed by atoms with Gasteiger partial charge in [-0.15, -0.1) is 0 Å². The van der Waals surface area contributed by atoms with Gasteiger partial charge in [-0.25, -0.2) is 0 Å². The number of benzene rings is 1. The Morgan fingerprint density at radius 3 is 2.73 bits per heavy atom. The lowest BCUT2D eigenvalue weighted by molar-refractivity contribution is 0.413. The molecule has 0 radical (unpaired) electrons. The topological polar surface area (TPSA) is 39.9 Å². The third-order valence-electron chi connectivity index (χ3n) is 2.29. The average molecular weight is 203 g/mol. The first-order valence-electron chi connectivity index (χ1n) is 4.72. The Hall–Kier alpha value is -1.84. The van der Waals surface area contributed by atoms with Crippen LogP contribution in [0.4, 0.5) is 0 Å². The molecule has 0 aliphatic rings. The first kappa shape index (κ1) is 9.71. The van der Waals surface area contributed by atoms with E-state index < -0.39 is 0 Å². The standard InChI is InChI=1S/C11H13N3O/c1-8-5-4-6-9(11(8)15-3)10-7-12-14(2)13-10/h4-7H,1-3H3. The number of aryl methyl sites for hydroxylation is 2. The van der Waals surface area contributed by atoms with Gasteiger partial charge in [0.25, 0.3) is 0 Å². The molecule has 0 fully saturated rings. The summed E-state index contributed by atoms with van der Waals surface area (Å²) in [6.07, 6.45) is 1.73. The zero-order valence-corrected chi connectivity index (χ0v) is 9.06. The fourth-order valence-corrected chi connectivity index (χ4v) is 1.59. The summed E-state index contributed by atoms with van der Waals surface area (Å²) in [5.41, 5.74) is 2.91. The van der Waals surface area contributed by atoms with Gasteiger partial charge in [-0.2, -0.15) is 15.0 Å². The molecule has 78 valence electrons. The second-order valence-electron chi connectivity index (χ2n) is 3.37. The van der Waals surface area contributed by atoms with Crippen LogP contribution < -0.4 is 4.74 Å². The predicted octanol–water partition coefficient (Wildman–Crippen LogP) is 1.80. The normalized spacial score (nSPS) is 10.3. The molecule has 1 heterocycles. The lowest BCUT2D eigenvalue weighted by atomic mass is 10.1. The maximum Gasteiger partial charge on any atom is 0.131 e. The van der Waals surface area contributed by atoms with E-state index in [0.717, 1.165) is 22.6 Å². The number of ether oxygens (including phenoxy) is 1. The van der Waals surface area contributed by atoms with Gasteiger partial charge in [-0.3, -0.25) is 0 Å². The van der Waals surface area contributed by atoms with Gasteiger partial charge in [0.2, 0.25) is 0 Å². The molecule has 0 N–H and O–H groups in total. The molecule has 0 unspecified atom stereocenters. The number of rotatable bonds is 2. The third-order valence-corrected chi connectivity index (χ3v) is 2.29. The van der Waals surface area contributed by atoms with E-state index in [1.165, 1.54) is 4.80 Å². The summed E-state index contributed by atoms with van der Waals surface area (Å²) in [7, 11) is 3.47. The lowest BCUT2D eigenvalue weighted by Gasteiger charge is -2.08. The number of nitrogens with zero attached hydrogens (tertiary/aromatic N) is 3. The Morgan fingerprint density at radius 1 is 1.33 bits per heavy atom. The van der Waals surface area contributed by atoms with Gasteiger partial charge in [-0.1, -0.05) is 12.1 Å². The van der Waals surface area contributed by atoms with Gasteiger partial charge < -0.3 is 4.74 Å². The number of para-hydroxylation sites is 1. The Bertz CT molecular complexity index is 476. The summed E-state index contributed by atoms with van der Waals surface area (Å²) in [4.78, 5) is 1.54. The van der Waals surface area contributed by atoms with Crippen LogP contribution >= 0.6 is 0 Å². The molecule has 0 spiro atoms. The smallest absolute Gasteiger partial charge is 0.131 e. The minimum atomic E-state index is 0.832. The maximum atomic E-state index is 5.36. The molecule has 15 heavy (non-hydrogen) atoms. The van der Waals surface area contributed by atoms with Crippen molar-refractivity contribution in [3.05, 3.63) is 30.0 Å². The van der Waals surface area contributed by atoms with Crippen molar-refractivity contribution >= 4 is 0 Å². The summed E-state index contributed by atoms with van der Waals surface area (Å²) < 4.78 is 5.36. The van der Waals surface area contributed by atoms with Crippen molar-refractivity contribution < 1.29 is 4.74 Å². The fraction of sp³-hybridized carbons (Fsp3) is 0.273. The molecule has 1 aromatic carbocycles. The first-order valence-corrected chi connectivity index (χ1v) is 4.72. The molecule has 1 aromatic heterocycles. The molecule has 4 nitrogen and oxygen atoms in total. The third kappa shape index (κ3) is 1.70. The van der Waals surface area contributed by atoms with Crippen molar-refractivity contribution in [3.8, 4) is 17.0 Å². The zero-order valence-electron chi connectivity index (χ0n) is 9.06. The molecule has 0 saturated heterocycles. The average Bonchev–Trinajstić information content (AvgIpc) is 2.64. The highest BCUT2D eigenvalue weighted by Gasteiger charge is 2.10. The van der Waals surface area contributed by atoms with E-state index >= 15 is 0 Å². The van der Waals surface area contributed by atoms with E-state index in [9.17, 15) is 0 Å². The molecule has 2 aromatic rings.